The van der Waals surface area contributed by atoms with Crippen molar-refractivity contribution in [3.63, 3.8) is 0 Å². The summed E-state index contributed by atoms with van der Waals surface area (Å²) in [4.78, 5) is 0. The van der Waals surface area contributed by atoms with Crippen LogP contribution >= 0.6 is 0 Å². The van der Waals surface area contributed by atoms with Crippen LogP contribution in [-0.2, 0) is 0 Å². The maximum atomic E-state index is 3.47. The fourth-order valence-electron chi connectivity index (χ4n) is 5.10. The lowest BCUT2D eigenvalue weighted by Crippen LogP contribution is -1.92. The zero-order chi connectivity index (χ0) is 28.1. The number of fused-ring (bicyclic) bond motifs is 3. The summed E-state index contributed by atoms with van der Waals surface area (Å²) in [5, 5.41) is 0. The summed E-state index contributed by atoms with van der Waals surface area (Å²) >= 11 is 0. The van der Waals surface area contributed by atoms with Crippen LogP contribution in [0, 0.1) is 35.5 Å². The smallest absolute Gasteiger partial charge is 0.0411 e. The van der Waals surface area contributed by atoms with Crippen LogP contribution in [0.3, 0.4) is 0 Å². The monoisotopic (exact) mass is 528 g/mol. The van der Waals surface area contributed by atoms with E-state index >= 15 is 0 Å². The first-order chi connectivity index (χ1) is 20.8. The minimum absolute atomic E-state index is 0.896. The average molecular weight is 529 g/mol. The van der Waals surface area contributed by atoms with Gasteiger partial charge in [-0.2, -0.15) is 0 Å². The van der Waals surface area contributed by atoms with E-state index in [1.807, 2.05) is 18.2 Å². The molecule has 0 aromatic heterocycles. The van der Waals surface area contributed by atoms with E-state index in [2.05, 4.69) is 163 Å². The van der Waals surface area contributed by atoms with E-state index in [1.165, 1.54) is 0 Å². The summed E-state index contributed by atoms with van der Waals surface area (Å²) in [6.07, 6.45) is 0. The lowest BCUT2D eigenvalue weighted by molar-refractivity contribution is 1.52. The molecule has 0 spiro atoms. The van der Waals surface area contributed by atoms with Crippen molar-refractivity contribution in [1.82, 2.24) is 0 Å². The molecule has 42 heavy (non-hydrogen) atoms. The highest BCUT2D eigenvalue weighted by molar-refractivity contribution is 5.73. The Kier molecular flexibility index (Phi) is 6.69. The van der Waals surface area contributed by atoms with Crippen LogP contribution in [-0.4, -0.2) is 0 Å². The second-order valence-corrected chi connectivity index (χ2v) is 10.1. The molecular formula is C42H24. The molecule has 0 nitrogen and oxygen atoms in total. The van der Waals surface area contributed by atoms with Crippen LogP contribution in [0.15, 0.2) is 146 Å². The predicted octanol–water partition coefficient (Wildman–Crippen LogP) is 9.20. The SMILES string of the molecule is C1#Cc2ccc(-c3ccccc3)cc2C#Cc2cc(-c3ccccc3)ccc2C#Cc2cc(-c3ccccc3)ccc21. The Bertz CT molecular complexity index is 2120. The summed E-state index contributed by atoms with van der Waals surface area (Å²) in [6, 6.07) is 50.2. The van der Waals surface area contributed by atoms with Gasteiger partial charge < -0.3 is 0 Å². The highest BCUT2D eigenvalue weighted by Gasteiger charge is 2.08. The van der Waals surface area contributed by atoms with Crippen molar-refractivity contribution in [1.29, 1.82) is 0 Å². The molecule has 7 rings (SSSR count). The first kappa shape index (κ1) is 25.0. The lowest BCUT2D eigenvalue weighted by Gasteiger charge is -2.07. The van der Waals surface area contributed by atoms with Crippen LogP contribution in [0.4, 0.5) is 0 Å². The topological polar surface area (TPSA) is 0 Å². The van der Waals surface area contributed by atoms with Gasteiger partial charge in [0.2, 0.25) is 0 Å². The van der Waals surface area contributed by atoms with E-state index in [0.29, 0.717) is 0 Å². The van der Waals surface area contributed by atoms with E-state index in [-0.39, 0.29) is 0 Å². The highest BCUT2D eigenvalue weighted by Crippen LogP contribution is 2.26. The van der Waals surface area contributed by atoms with E-state index in [1.54, 1.807) is 0 Å². The largest absolute Gasteiger partial charge is 0.0622 e. The normalized spacial score (nSPS) is 10.9. The average Bonchev–Trinajstić information content (AvgIpc) is 3.06. The molecule has 0 saturated carbocycles. The molecule has 0 heteroatoms. The van der Waals surface area contributed by atoms with Crippen molar-refractivity contribution in [2.24, 2.45) is 0 Å². The molecule has 0 radical (unpaired) electrons. The molecule has 0 unspecified atom stereocenters. The Morgan fingerprint density at radius 3 is 0.762 bits per heavy atom. The highest BCUT2D eigenvalue weighted by atomic mass is 14.1. The van der Waals surface area contributed by atoms with Crippen molar-refractivity contribution >= 4 is 0 Å². The van der Waals surface area contributed by atoms with Gasteiger partial charge >= 0.3 is 0 Å². The van der Waals surface area contributed by atoms with Crippen molar-refractivity contribution in [2.45, 2.75) is 0 Å². The maximum Gasteiger partial charge on any atom is 0.0411 e. The third kappa shape index (κ3) is 5.25. The third-order valence-corrected chi connectivity index (χ3v) is 7.38. The standard InChI is InChI=1S/C42H24/c1-4-10-31(11-5-1)37-22-18-34-16-17-35-19-23-38(32-12-6-2-7-13-32)29-41(35)26-27-42-30-39(33-14-8-3-9-15-33)24-20-36(42)21-25-40(34)28-37/h1-15,18-20,22-24,28-30H. The van der Waals surface area contributed by atoms with Crippen LogP contribution in [0.5, 0.6) is 0 Å². The Balaban J connectivity index is 1.44. The van der Waals surface area contributed by atoms with Crippen LogP contribution in [0.1, 0.15) is 33.4 Å². The van der Waals surface area contributed by atoms with Crippen LogP contribution in [0.2, 0.25) is 0 Å². The van der Waals surface area contributed by atoms with Crippen molar-refractivity contribution < 1.29 is 0 Å². The van der Waals surface area contributed by atoms with Gasteiger partial charge in [0, 0.05) is 33.4 Å². The van der Waals surface area contributed by atoms with E-state index in [0.717, 1.165) is 66.8 Å². The summed E-state index contributed by atoms with van der Waals surface area (Å²) in [6.45, 7) is 0. The molecule has 0 fully saturated rings. The summed E-state index contributed by atoms with van der Waals surface area (Å²) in [7, 11) is 0. The van der Waals surface area contributed by atoms with Gasteiger partial charge in [0.25, 0.3) is 0 Å². The molecule has 6 aromatic carbocycles. The Morgan fingerprint density at radius 2 is 0.476 bits per heavy atom. The molecular weight excluding hydrogens is 504 g/mol. The van der Waals surface area contributed by atoms with Gasteiger partial charge in [-0.25, -0.2) is 0 Å². The van der Waals surface area contributed by atoms with Gasteiger partial charge in [-0.3, -0.25) is 0 Å². The molecule has 1 aliphatic carbocycles. The summed E-state index contributed by atoms with van der Waals surface area (Å²) in [5.41, 5.74) is 12.2. The minimum Gasteiger partial charge on any atom is -0.0622 e. The molecule has 1 aliphatic rings. The quantitative estimate of drug-likeness (QED) is 0.201. The van der Waals surface area contributed by atoms with Gasteiger partial charge in [0.1, 0.15) is 0 Å². The van der Waals surface area contributed by atoms with Gasteiger partial charge in [-0.15, -0.1) is 0 Å². The number of benzene rings is 6. The van der Waals surface area contributed by atoms with Gasteiger partial charge in [0.15, 0.2) is 0 Å². The first-order valence-electron chi connectivity index (χ1n) is 13.9. The molecule has 0 atom stereocenters. The molecule has 0 amide bonds. The van der Waals surface area contributed by atoms with Crippen molar-refractivity contribution in [3.05, 3.63) is 179 Å². The molecule has 6 aromatic rings. The third-order valence-electron chi connectivity index (χ3n) is 7.38. The molecule has 0 heterocycles. The Morgan fingerprint density at radius 1 is 0.214 bits per heavy atom. The predicted molar refractivity (Wildman–Crippen MR) is 174 cm³/mol. The zero-order valence-corrected chi connectivity index (χ0v) is 22.9. The molecule has 0 N–H and O–H groups in total. The molecule has 0 bridgehead atoms. The first-order valence-corrected chi connectivity index (χ1v) is 13.9. The minimum atomic E-state index is 0.896. The number of hydrogen-bond donors (Lipinski definition) is 0. The number of rotatable bonds is 3. The van der Waals surface area contributed by atoms with Gasteiger partial charge in [0.05, 0.1) is 0 Å². The fraction of sp³-hybridized carbons (Fsp3) is 0. The summed E-state index contributed by atoms with van der Waals surface area (Å²) in [5.74, 6) is 20.6. The van der Waals surface area contributed by atoms with Crippen molar-refractivity contribution in [3.8, 4) is 68.9 Å². The van der Waals surface area contributed by atoms with Gasteiger partial charge in [-0.05, 0) is 69.8 Å². The molecule has 192 valence electrons. The van der Waals surface area contributed by atoms with Gasteiger partial charge in [-0.1, -0.05) is 145 Å². The molecule has 0 saturated heterocycles. The zero-order valence-electron chi connectivity index (χ0n) is 22.9. The second-order valence-electron chi connectivity index (χ2n) is 10.1. The molecule has 0 aliphatic heterocycles. The van der Waals surface area contributed by atoms with Crippen molar-refractivity contribution in [2.75, 3.05) is 0 Å². The Labute approximate surface area is 247 Å². The second kappa shape index (κ2) is 11.2. The van der Waals surface area contributed by atoms with Crippen LogP contribution in [0.25, 0.3) is 33.4 Å². The summed E-state index contributed by atoms with van der Waals surface area (Å²) < 4.78 is 0. The van der Waals surface area contributed by atoms with E-state index in [4.69, 9.17) is 0 Å². The van der Waals surface area contributed by atoms with E-state index in [9.17, 15) is 0 Å². The lowest BCUT2D eigenvalue weighted by atomic mass is 9.95. The van der Waals surface area contributed by atoms with E-state index < -0.39 is 0 Å². The Hall–Kier alpha value is -6.00. The fourth-order valence-corrected chi connectivity index (χ4v) is 5.10. The number of hydrogen-bond acceptors (Lipinski definition) is 0. The van der Waals surface area contributed by atoms with Crippen LogP contribution < -0.4 is 0 Å². The maximum absolute atomic E-state index is 3.47.